The molecular formula is C25H27N3O4. The number of aryl methyl sites for hydroxylation is 1. The molecule has 2 fully saturated rings. The van der Waals surface area contributed by atoms with E-state index in [9.17, 15) is 19.5 Å². The fourth-order valence-corrected chi connectivity index (χ4v) is 5.58. The van der Waals surface area contributed by atoms with Crippen molar-refractivity contribution < 1.29 is 19.5 Å². The molecule has 0 saturated carbocycles. The average Bonchev–Trinajstić information content (AvgIpc) is 3.38. The first kappa shape index (κ1) is 20.8. The number of carbonyl (C=O) groups is 3. The second-order valence-electron chi connectivity index (χ2n) is 8.97. The third-order valence-electron chi connectivity index (χ3n) is 7.20. The van der Waals surface area contributed by atoms with E-state index in [0.29, 0.717) is 17.7 Å². The summed E-state index contributed by atoms with van der Waals surface area (Å²) in [7, 11) is 0. The molecule has 0 aromatic heterocycles. The van der Waals surface area contributed by atoms with Gasteiger partial charge >= 0.3 is 0 Å². The zero-order chi connectivity index (χ0) is 22.6. The lowest BCUT2D eigenvalue weighted by atomic mass is 9.76. The van der Waals surface area contributed by atoms with Gasteiger partial charge < -0.3 is 10.4 Å². The maximum absolute atomic E-state index is 13.7. The monoisotopic (exact) mass is 433 g/mol. The van der Waals surface area contributed by atoms with Gasteiger partial charge in [0.05, 0.1) is 17.9 Å². The molecule has 166 valence electrons. The van der Waals surface area contributed by atoms with Gasteiger partial charge in [0.2, 0.25) is 17.7 Å². The Kier molecular flexibility index (Phi) is 4.91. The van der Waals surface area contributed by atoms with E-state index in [-0.39, 0.29) is 24.3 Å². The molecule has 3 amide bonds. The van der Waals surface area contributed by atoms with E-state index in [1.807, 2.05) is 55.5 Å². The number of nitrogens with one attached hydrogen (secondary N) is 2. The van der Waals surface area contributed by atoms with E-state index in [2.05, 4.69) is 10.6 Å². The molecular weight excluding hydrogens is 406 g/mol. The molecule has 0 bridgehead atoms. The minimum absolute atomic E-state index is 0.251. The van der Waals surface area contributed by atoms with Crippen LogP contribution in [0.3, 0.4) is 0 Å². The molecule has 5 rings (SSSR count). The van der Waals surface area contributed by atoms with Crippen molar-refractivity contribution >= 4 is 23.4 Å². The van der Waals surface area contributed by atoms with Crippen LogP contribution < -0.4 is 10.6 Å². The number of imide groups is 1. The van der Waals surface area contributed by atoms with Crippen molar-refractivity contribution in [2.45, 2.75) is 44.4 Å². The van der Waals surface area contributed by atoms with Gasteiger partial charge in [-0.3, -0.25) is 24.6 Å². The molecule has 7 nitrogen and oxygen atoms in total. The van der Waals surface area contributed by atoms with Crippen molar-refractivity contribution in [2.75, 3.05) is 11.9 Å². The van der Waals surface area contributed by atoms with E-state index in [1.165, 1.54) is 4.90 Å². The van der Waals surface area contributed by atoms with E-state index in [1.54, 1.807) is 6.92 Å². The first-order valence-electron chi connectivity index (χ1n) is 11.2. The lowest BCUT2D eigenvalue weighted by Crippen LogP contribution is -2.55. The van der Waals surface area contributed by atoms with Crippen LogP contribution in [0.25, 0.3) is 0 Å². The van der Waals surface area contributed by atoms with Gasteiger partial charge in [0.1, 0.15) is 5.54 Å². The van der Waals surface area contributed by atoms with Gasteiger partial charge in [0.25, 0.3) is 0 Å². The summed E-state index contributed by atoms with van der Waals surface area (Å²) in [4.78, 5) is 41.8. The number of nitrogens with zero attached hydrogens (tertiary/aromatic N) is 1. The number of hydrogen-bond acceptors (Lipinski definition) is 5. The van der Waals surface area contributed by atoms with Crippen LogP contribution in [0.4, 0.5) is 5.69 Å². The molecule has 3 aliphatic heterocycles. The van der Waals surface area contributed by atoms with Gasteiger partial charge in [0, 0.05) is 23.8 Å². The highest BCUT2D eigenvalue weighted by Crippen LogP contribution is 2.53. The first-order valence-corrected chi connectivity index (χ1v) is 11.2. The fraction of sp³-hybridized carbons (Fsp3) is 0.400. The number of fused-ring (bicyclic) bond motifs is 4. The van der Waals surface area contributed by atoms with Crippen molar-refractivity contribution in [3.05, 3.63) is 65.2 Å². The van der Waals surface area contributed by atoms with Crippen LogP contribution in [-0.2, 0) is 32.8 Å². The average molecular weight is 434 g/mol. The molecule has 3 N–H and O–H groups in total. The largest absolute Gasteiger partial charge is 0.392 e. The summed E-state index contributed by atoms with van der Waals surface area (Å²) in [6.07, 6.45) is 0.417. The number of benzene rings is 2. The van der Waals surface area contributed by atoms with Gasteiger partial charge in [-0.25, -0.2) is 0 Å². The number of amides is 3. The minimum Gasteiger partial charge on any atom is -0.392 e. The second kappa shape index (κ2) is 7.53. The maximum atomic E-state index is 13.7. The molecule has 32 heavy (non-hydrogen) atoms. The van der Waals surface area contributed by atoms with E-state index >= 15 is 0 Å². The Morgan fingerprint density at radius 2 is 1.81 bits per heavy atom. The molecule has 0 aliphatic carbocycles. The standard InChI is InChI=1S/C25H27N3O4/c1-3-15-9-10-18-17(13-15)25(24(32)26-18)20-19(21(27-25)14(2)29)22(30)28(23(20)31)12-11-16-7-5-4-6-8-16/h4-10,13-14,19-21,27,29H,3,11-12H2,1-2H3,(H,26,32). The summed E-state index contributed by atoms with van der Waals surface area (Å²) in [5.41, 5.74) is 2.04. The number of aliphatic hydroxyl groups excluding tert-OH is 1. The number of carbonyl (C=O) groups excluding carboxylic acids is 3. The zero-order valence-corrected chi connectivity index (χ0v) is 18.2. The van der Waals surface area contributed by atoms with Gasteiger partial charge in [0.15, 0.2) is 0 Å². The number of likely N-dealkylation sites (tertiary alicyclic amines) is 1. The predicted octanol–water partition coefficient (Wildman–Crippen LogP) is 1.59. The van der Waals surface area contributed by atoms with Crippen LogP contribution in [0, 0.1) is 11.8 Å². The Morgan fingerprint density at radius 3 is 2.50 bits per heavy atom. The van der Waals surface area contributed by atoms with Gasteiger partial charge in [-0.15, -0.1) is 0 Å². The van der Waals surface area contributed by atoms with Crippen LogP contribution in [0.1, 0.15) is 30.5 Å². The fourth-order valence-electron chi connectivity index (χ4n) is 5.58. The lowest BCUT2D eigenvalue weighted by Gasteiger charge is -2.30. The van der Waals surface area contributed by atoms with Crippen LogP contribution in [-0.4, -0.2) is 46.4 Å². The normalized spacial score (nSPS) is 29.4. The maximum Gasteiger partial charge on any atom is 0.250 e. The summed E-state index contributed by atoms with van der Waals surface area (Å²) in [6.45, 7) is 3.87. The van der Waals surface area contributed by atoms with Gasteiger partial charge in [-0.1, -0.05) is 49.4 Å². The molecule has 2 aromatic rings. The van der Waals surface area contributed by atoms with Crippen molar-refractivity contribution in [1.29, 1.82) is 0 Å². The molecule has 5 atom stereocenters. The molecule has 2 aromatic carbocycles. The Hall–Kier alpha value is -3.03. The number of aliphatic hydroxyl groups is 1. The van der Waals surface area contributed by atoms with Crippen LogP contribution >= 0.6 is 0 Å². The summed E-state index contributed by atoms with van der Waals surface area (Å²) >= 11 is 0. The van der Waals surface area contributed by atoms with Gasteiger partial charge in [-0.05, 0) is 37.0 Å². The van der Waals surface area contributed by atoms with Crippen LogP contribution in [0.15, 0.2) is 48.5 Å². The van der Waals surface area contributed by atoms with E-state index in [4.69, 9.17) is 0 Å². The van der Waals surface area contributed by atoms with E-state index in [0.717, 1.165) is 17.5 Å². The molecule has 3 heterocycles. The third kappa shape index (κ3) is 2.84. The summed E-state index contributed by atoms with van der Waals surface area (Å²) < 4.78 is 0. The van der Waals surface area contributed by atoms with Crippen molar-refractivity contribution in [3.63, 3.8) is 0 Å². The quantitative estimate of drug-likeness (QED) is 0.622. The second-order valence-corrected chi connectivity index (χ2v) is 8.97. The summed E-state index contributed by atoms with van der Waals surface area (Å²) in [5, 5.41) is 16.6. The molecule has 1 spiro atoms. The number of anilines is 1. The highest BCUT2D eigenvalue weighted by Gasteiger charge is 2.71. The Bertz CT molecular complexity index is 1100. The smallest absolute Gasteiger partial charge is 0.250 e. The van der Waals surface area contributed by atoms with Crippen LogP contribution in [0.2, 0.25) is 0 Å². The van der Waals surface area contributed by atoms with Crippen molar-refractivity contribution in [1.82, 2.24) is 10.2 Å². The zero-order valence-electron chi connectivity index (χ0n) is 18.2. The topological polar surface area (TPSA) is 98.7 Å². The van der Waals surface area contributed by atoms with Crippen molar-refractivity contribution in [2.24, 2.45) is 11.8 Å². The molecule has 0 radical (unpaired) electrons. The molecule has 2 saturated heterocycles. The molecule has 3 aliphatic rings. The molecule has 5 unspecified atom stereocenters. The first-order chi connectivity index (χ1) is 15.4. The Morgan fingerprint density at radius 1 is 1.06 bits per heavy atom. The Balaban J connectivity index is 1.56. The van der Waals surface area contributed by atoms with Gasteiger partial charge in [-0.2, -0.15) is 0 Å². The molecule has 7 heteroatoms. The number of rotatable bonds is 5. The SMILES string of the molecule is CCc1ccc2c(c1)C1(NC(C(C)O)C3C(=O)N(CCc4ccccc4)C(=O)C31)C(=O)N2. The Labute approximate surface area is 186 Å². The summed E-state index contributed by atoms with van der Waals surface area (Å²) in [6, 6.07) is 14.7. The predicted molar refractivity (Wildman–Crippen MR) is 119 cm³/mol. The van der Waals surface area contributed by atoms with Crippen LogP contribution in [0.5, 0.6) is 0 Å². The van der Waals surface area contributed by atoms with Crippen molar-refractivity contribution in [3.8, 4) is 0 Å². The van der Waals surface area contributed by atoms with E-state index < -0.39 is 29.5 Å². The minimum atomic E-state index is -1.36. The highest BCUT2D eigenvalue weighted by atomic mass is 16.3. The summed E-state index contributed by atoms with van der Waals surface area (Å²) in [5.74, 6) is -2.69. The third-order valence-corrected chi connectivity index (χ3v) is 7.20. The highest BCUT2D eigenvalue weighted by molar-refractivity contribution is 6.15. The lowest BCUT2D eigenvalue weighted by molar-refractivity contribution is -0.143. The number of hydrogen-bond donors (Lipinski definition) is 3.